The molecule has 0 amide bonds. The van der Waals surface area contributed by atoms with Gasteiger partial charge in [0.15, 0.2) is 11.7 Å². The Morgan fingerprint density at radius 1 is 1.40 bits per heavy atom. The van der Waals surface area contributed by atoms with E-state index in [0.717, 1.165) is 15.9 Å². The van der Waals surface area contributed by atoms with Gasteiger partial charge < -0.3 is 20.1 Å². The van der Waals surface area contributed by atoms with E-state index in [1.165, 1.54) is 5.51 Å². The Hall–Kier alpha value is -1.59. The van der Waals surface area contributed by atoms with E-state index in [-0.39, 0.29) is 10.3 Å². The fourth-order valence-electron chi connectivity index (χ4n) is 2.20. The van der Waals surface area contributed by atoms with Gasteiger partial charge >= 0.3 is 5.69 Å². The number of H-pyrrole nitrogens is 1. The van der Waals surface area contributed by atoms with Crippen LogP contribution in [0.15, 0.2) is 15.1 Å². The van der Waals surface area contributed by atoms with Crippen LogP contribution in [-0.4, -0.2) is 54.8 Å². The van der Waals surface area contributed by atoms with Crippen LogP contribution in [0.2, 0.25) is 0 Å². The first kappa shape index (κ1) is 13.4. The number of ether oxygens (including phenoxy) is 1. The van der Waals surface area contributed by atoms with Crippen LogP contribution >= 0.6 is 11.3 Å². The molecule has 2 aromatic heterocycles. The Balaban J connectivity index is 2.18. The molecule has 4 unspecified atom stereocenters. The monoisotopic (exact) mass is 301 g/mol. The predicted molar refractivity (Wildman–Crippen MR) is 67.5 cm³/mol. The summed E-state index contributed by atoms with van der Waals surface area (Å²) < 4.78 is 6.31. The van der Waals surface area contributed by atoms with Crippen molar-refractivity contribution in [3.63, 3.8) is 0 Å². The Bertz CT molecular complexity index is 751. The van der Waals surface area contributed by atoms with Crippen molar-refractivity contribution in [1.82, 2.24) is 14.5 Å². The van der Waals surface area contributed by atoms with Gasteiger partial charge in [-0.2, -0.15) is 0 Å². The van der Waals surface area contributed by atoms with Gasteiger partial charge in [0.05, 0.1) is 12.1 Å². The van der Waals surface area contributed by atoms with Crippen molar-refractivity contribution in [3.8, 4) is 0 Å². The molecule has 0 saturated carbocycles. The van der Waals surface area contributed by atoms with E-state index in [9.17, 15) is 19.8 Å². The number of aliphatic hydroxyl groups is 3. The number of nitrogens with one attached hydrogen (secondary N) is 1. The lowest BCUT2D eigenvalue weighted by Crippen LogP contribution is -2.38. The minimum Gasteiger partial charge on any atom is -0.394 e. The third kappa shape index (κ3) is 1.81. The first-order valence-corrected chi connectivity index (χ1v) is 6.63. The number of aliphatic hydroxyl groups excluding tert-OH is 3. The van der Waals surface area contributed by atoms with Crippen LogP contribution in [0.1, 0.15) is 6.23 Å². The molecule has 1 aliphatic rings. The molecule has 1 fully saturated rings. The summed E-state index contributed by atoms with van der Waals surface area (Å²) in [5.74, 6) is 0. The Kier molecular flexibility index (Phi) is 3.18. The van der Waals surface area contributed by atoms with Crippen LogP contribution in [0.25, 0.3) is 10.3 Å². The lowest BCUT2D eigenvalue weighted by molar-refractivity contribution is -0.0525. The molecule has 4 atom stereocenters. The molecule has 0 bridgehead atoms. The molecule has 1 aliphatic heterocycles. The number of thiazole rings is 1. The average Bonchev–Trinajstić information content (AvgIpc) is 2.99. The maximum absolute atomic E-state index is 11.9. The lowest BCUT2D eigenvalue weighted by atomic mass is 10.1. The second-order valence-corrected chi connectivity index (χ2v) is 5.20. The van der Waals surface area contributed by atoms with Crippen LogP contribution in [0.3, 0.4) is 0 Å². The van der Waals surface area contributed by atoms with Gasteiger partial charge in [-0.15, -0.1) is 11.3 Å². The lowest BCUT2D eigenvalue weighted by Gasteiger charge is -2.17. The zero-order valence-corrected chi connectivity index (χ0v) is 10.8. The summed E-state index contributed by atoms with van der Waals surface area (Å²) in [5.41, 5.74) is 0.0279. The summed E-state index contributed by atoms with van der Waals surface area (Å²) in [6.07, 6.45) is -4.93. The molecular formula is C10H11N3O6S. The van der Waals surface area contributed by atoms with Crippen LogP contribution < -0.4 is 11.2 Å². The Morgan fingerprint density at radius 2 is 2.15 bits per heavy atom. The van der Waals surface area contributed by atoms with Gasteiger partial charge in [0.1, 0.15) is 23.1 Å². The smallest absolute Gasteiger partial charge is 0.331 e. The molecule has 2 aromatic rings. The Morgan fingerprint density at radius 3 is 2.80 bits per heavy atom. The third-order valence-corrected chi connectivity index (χ3v) is 4.02. The first-order valence-electron chi connectivity index (χ1n) is 5.75. The standard InChI is InChI=1S/C10H11N3O6S/c14-1-3-5(15)6(16)8(19-3)13-9-4(11-2-20-9)7(17)12-10(13)18/h2-3,5-6,8,14-16H,1H2,(H,12,17,18). The van der Waals surface area contributed by atoms with E-state index < -0.39 is 42.4 Å². The van der Waals surface area contributed by atoms with Crippen molar-refractivity contribution >= 4 is 21.7 Å². The molecule has 108 valence electrons. The number of hydrogen-bond acceptors (Lipinski definition) is 8. The number of fused-ring (bicyclic) bond motifs is 1. The second-order valence-electron chi connectivity index (χ2n) is 4.36. The number of nitrogens with zero attached hydrogens (tertiary/aromatic N) is 2. The first-order chi connectivity index (χ1) is 9.54. The van der Waals surface area contributed by atoms with E-state index in [1.54, 1.807) is 0 Å². The number of aromatic nitrogens is 3. The summed E-state index contributed by atoms with van der Waals surface area (Å²) in [7, 11) is 0. The van der Waals surface area contributed by atoms with Gasteiger partial charge in [0.2, 0.25) is 0 Å². The molecule has 0 radical (unpaired) electrons. The van der Waals surface area contributed by atoms with Crippen LogP contribution in [-0.2, 0) is 4.74 Å². The third-order valence-electron chi connectivity index (χ3n) is 3.19. The molecule has 0 aromatic carbocycles. The highest BCUT2D eigenvalue weighted by Gasteiger charge is 2.44. The number of rotatable bonds is 2. The maximum Gasteiger partial charge on any atom is 0.331 e. The minimum atomic E-state index is -1.40. The molecule has 1 saturated heterocycles. The minimum absolute atomic E-state index is 0.0485. The SMILES string of the molecule is O=c1[nH]c(=O)n(C2OC(CO)C(O)C2O)c2scnc12. The predicted octanol–water partition coefficient (Wildman–Crippen LogP) is -2.24. The fourth-order valence-corrected chi connectivity index (χ4v) is 3.02. The van der Waals surface area contributed by atoms with Crippen LogP contribution in [0.4, 0.5) is 0 Å². The van der Waals surface area contributed by atoms with Crippen LogP contribution in [0.5, 0.6) is 0 Å². The van der Waals surface area contributed by atoms with Gasteiger partial charge in [-0.3, -0.25) is 14.3 Å². The highest BCUT2D eigenvalue weighted by Crippen LogP contribution is 2.30. The largest absolute Gasteiger partial charge is 0.394 e. The van der Waals surface area contributed by atoms with E-state index in [1.807, 2.05) is 0 Å². The maximum atomic E-state index is 11.9. The molecule has 0 aliphatic carbocycles. The van der Waals surface area contributed by atoms with Crippen molar-refractivity contribution in [3.05, 3.63) is 26.3 Å². The molecule has 3 heterocycles. The topological polar surface area (TPSA) is 138 Å². The van der Waals surface area contributed by atoms with Crippen molar-refractivity contribution in [2.75, 3.05) is 6.61 Å². The van der Waals surface area contributed by atoms with E-state index in [2.05, 4.69) is 9.97 Å². The average molecular weight is 301 g/mol. The van der Waals surface area contributed by atoms with Crippen molar-refractivity contribution < 1.29 is 20.1 Å². The van der Waals surface area contributed by atoms with Crippen molar-refractivity contribution in [2.24, 2.45) is 0 Å². The second kappa shape index (κ2) is 4.75. The summed E-state index contributed by atoms with van der Waals surface area (Å²) >= 11 is 1.04. The van der Waals surface area contributed by atoms with Crippen molar-refractivity contribution in [1.29, 1.82) is 0 Å². The highest BCUT2D eigenvalue weighted by molar-refractivity contribution is 7.16. The molecule has 3 rings (SSSR count). The molecule has 20 heavy (non-hydrogen) atoms. The van der Waals surface area contributed by atoms with Crippen molar-refractivity contribution in [2.45, 2.75) is 24.5 Å². The number of hydrogen-bond donors (Lipinski definition) is 4. The molecule has 0 spiro atoms. The van der Waals surface area contributed by atoms with Gasteiger partial charge in [-0.1, -0.05) is 0 Å². The van der Waals surface area contributed by atoms with Gasteiger partial charge in [0.25, 0.3) is 5.56 Å². The summed E-state index contributed by atoms with van der Waals surface area (Å²) in [4.78, 5) is 29.7. The summed E-state index contributed by atoms with van der Waals surface area (Å²) in [5, 5.41) is 28.7. The van der Waals surface area contributed by atoms with E-state index >= 15 is 0 Å². The van der Waals surface area contributed by atoms with E-state index in [4.69, 9.17) is 9.84 Å². The molecular weight excluding hydrogens is 290 g/mol. The summed E-state index contributed by atoms with van der Waals surface area (Å²) in [6, 6.07) is 0. The molecule has 4 N–H and O–H groups in total. The molecule has 9 nitrogen and oxygen atoms in total. The van der Waals surface area contributed by atoms with Gasteiger partial charge in [0, 0.05) is 0 Å². The zero-order chi connectivity index (χ0) is 14.4. The molecule has 10 heteroatoms. The zero-order valence-electron chi connectivity index (χ0n) is 9.96. The Labute approximate surface area is 114 Å². The van der Waals surface area contributed by atoms with Gasteiger partial charge in [-0.05, 0) is 0 Å². The van der Waals surface area contributed by atoms with Crippen LogP contribution in [0, 0.1) is 0 Å². The summed E-state index contributed by atoms with van der Waals surface area (Å²) in [6.45, 7) is -0.501. The number of aromatic amines is 1. The quantitative estimate of drug-likeness (QED) is 0.492. The van der Waals surface area contributed by atoms with Gasteiger partial charge in [-0.25, -0.2) is 9.78 Å². The fraction of sp³-hybridized carbons (Fsp3) is 0.500. The highest BCUT2D eigenvalue weighted by atomic mass is 32.1. The normalized spacial score (nSPS) is 30.1. The van der Waals surface area contributed by atoms with E-state index in [0.29, 0.717) is 0 Å².